The number of rotatable bonds is 4. The first-order valence-electron chi connectivity index (χ1n) is 7.34. The topological polar surface area (TPSA) is 65.4 Å². The number of methoxy groups -OCH3 is 2. The zero-order valence-corrected chi connectivity index (χ0v) is 14.4. The highest BCUT2D eigenvalue weighted by atomic mass is 16.5. The van der Waals surface area contributed by atoms with E-state index in [2.05, 4.69) is 10.4 Å². The van der Waals surface area contributed by atoms with Gasteiger partial charge in [-0.15, -0.1) is 0 Å². The van der Waals surface area contributed by atoms with Crippen molar-refractivity contribution in [3.8, 4) is 22.8 Å². The average Bonchev–Trinajstić information content (AvgIpc) is 2.87. The second-order valence-corrected chi connectivity index (χ2v) is 6.31. The molecule has 0 aliphatic rings. The fraction of sp³-hybridized carbons (Fsp3) is 0.412. The van der Waals surface area contributed by atoms with E-state index in [1.54, 1.807) is 32.0 Å². The van der Waals surface area contributed by atoms with E-state index in [1.165, 1.54) is 0 Å². The number of amides is 1. The van der Waals surface area contributed by atoms with Gasteiger partial charge >= 0.3 is 0 Å². The van der Waals surface area contributed by atoms with E-state index in [-0.39, 0.29) is 11.4 Å². The average molecular weight is 317 g/mol. The number of benzene rings is 1. The summed E-state index contributed by atoms with van der Waals surface area (Å²) in [4.78, 5) is 12.3. The molecule has 0 fully saturated rings. The predicted octanol–water partition coefficient (Wildman–Crippen LogP) is 2.63. The Labute approximate surface area is 136 Å². The summed E-state index contributed by atoms with van der Waals surface area (Å²) >= 11 is 0. The predicted molar refractivity (Wildman–Crippen MR) is 89.0 cm³/mol. The molecule has 6 nitrogen and oxygen atoms in total. The number of carbonyl (C=O) groups excluding carboxylic acids is 1. The summed E-state index contributed by atoms with van der Waals surface area (Å²) < 4.78 is 12.3. The molecule has 1 aromatic carbocycles. The van der Waals surface area contributed by atoms with Gasteiger partial charge in [0.1, 0.15) is 11.5 Å². The molecular weight excluding hydrogens is 294 g/mol. The molecule has 2 rings (SSSR count). The van der Waals surface area contributed by atoms with Crippen molar-refractivity contribution < 1.29 is 14.3 Å². The highest BCUT2D eigenvalue weighted by molar-refractivity contribution is 5.94. The van der Waals surface area contributed by atoms with Gasteiger partial charge in [-0.1, -0.05) is 0 Å². The van der Waals surface area contributed by atoms with E-state index in [0.29, 0.717) is 17.2 Å². The molecule has 0 spiro atoms. The minimum Gasteiger partial charge on any atom is -0.497 e. The van der Waals surface area contributed by atoms with Crippen molar-refractivity contribution in [3.05, 3.63) is 30.0 Å². The number of nitrogens with zero attached hydrogens (tertiary/aromatic N) is 2. The third kappa shape index (κ3) is 3.83. The maximum atomic E-state index is 12.3. The first-order valence-corrected chi connectivity index (χ1v) is 7.34. The second-order valence-electron chi connectivity index (χ2n) is 6.31. The molecule has 6 heteroatoms. The fourth-order valence-electron chi connectivity index (χ4n) is 2.25. The van der Waals surface area contributed by atoms with Crippen molar-refractivity contribution >= 4 is 5.91 Å². The highest BCUT2D eigenvalue weighted by Crippen LogP contribution is 2.33. The molecule has 1 N–H and O–H groups in total. The molecule has 2 aromatic rings. The fourth-order valence-corrected chi connectivity index (χ4v) is 2.25. The Morgan fingerprint density at radius 3 is 2.43 bits per heavy atom. The van der Waals surface area contributed by atoms with Crippen LogP contribution in [-0.4, -0.2) is 35.4 Å². The van der Waals surface area contributed by atoms with E-state index >= 15 is 0 Å². The van der Waals surface area contributed by atoms with Crippen LogP contribution in [-0.2, 0) is 7.05 Å². The van der Waals surface area contributed by atoms with Gasteiger partial charge in [-0.3, -0.25) is 9.48 Å². The third-order valence-electron chi connectivity index (χ3n) is 3.28. The first-order chi connectivity index (χ1) is 10.7. The van der Waals surface area contributed by atoms with Gasteiger partial charge in [0.15, 0.2) is 5.69 Å². The van der Waals surface area contributed by atoms with Crippen LogP contribution in [0.2, 0.25) is 0 Å². The molecule has 1 amide bonds. The summed E-state index contributed by atoms with van der Waals surface area (Å²) in [6.45, 7) is 5.79. The SMILES string of the molecule is COc1ccc(OC)c(-c2cc(C(=O)NC(C)(C)C)nn2C)c1. The van der Waals surface area contributed by atoms with Gasteiger partial charge in [-0.05, 0) is 45.0 Å². The number of ether oxygens (including phenoxy) is 2. The van der Waals surface area contributed by atoms with E-state index in [9.17, 15) is 4.79 Å². The summed E-state index contributed by atoms with van der Waals surface area (Å²) in [6.07, 6.45) is 0. The van der Waals surface area contributed by atoms with Crippen LogP contribution in [0, 0.1) is 0 Å². The molecule has 23 heavy (non-hydrogen) atoms. The standard InChI is InChI=1S/C17H23N3O3/c1-17(2,3)18-16(21)13-10-14(20(4)19-13)12-9-11(22-5)7-8-15(12)23-6/h7-10H,1-6H3,(H,18,21). The summed E-state index contributed by atoms with van der Waals surface area (Å²) in [7, 11) is 5.01. The van der Waals surface area contributed by atoms with Crippen LogP contribution in [0.4, 0.5) is 0 Å². The molecule has 124 valence electrons. The van der Waals surface area contributed by atoms with Crippen LogP contribution in [0.1, 0.15) is 31.3 Å². The van der Waals surface area contributed by atoms with Gasteiger partial charge in [0.05, 0.1) is 19.9 Å². The van der Waals surface area contributed by atoms with Crippen molar-refractivity contribution in [2.45, 2.75) is 26.3 Å². The minimum absolute atomic E-state index is 0.207. The Morgan fingerprint density at radius 1 is 1.17 bits per heavy atom. The Bertz CT molecular complexity index is 714. The molecule has 0 saturated heterocycles. The van der Waals surface area contributed by atoms with Gasteiger partial charge in [-0.2, -0.15) is 5.10 Å². The van der Waals surface area contributed by atoms with Crippen LogP contribution in [0.15, 0.2) is 24.3 Å². The van der Waals surface area contributed by atoms with E-state index < -0.39 is 0 Å². The van der Waals surface area contributed by atoms with Crippen molar-refractivity contribution in [2.75, 3.05) is 14.2 Å². The molecule has 0 aliphatic carbocycles. The number of hydrogen-bond acceptors (Lipinski definition) is 4. The van der Waals surface area contributed by atoms with Crippen molar-refractivity contribution in [3.63, 3.8) is 0 Å². The quantitative estimate of drug-likeness (QED) is 0.941. The van der Waals surface area contributed by atoms with E-state index in [1.807, 2.05) is 39.0 Å². The normalized spacial score (nSPS) is 11.2. The van der Waals surface area contributed by atoms with E-state index in [4.69, 9.17) is 9.47 Å². The minimum atomic E-state index is -0.317. The molecular formula is C17H23N3O3. The number of hydrogen-bond donors (Lipinski definition) is 1. The Hall–Kier alpha value is -2.50. The lowest BCUT2D eigenvalue weighted by atomic mass is 10.1. The van der Waals surface area contributed by atoms with E-state index in [0.717, 1.165) is 11.3 Å². The van der Waals surface area contributed by atoms with Crippen LogP contribution in [0.3, 0.4) is 0 Å². The van der Waals surface area contributed by atoms with Crippen LogP contribution < -0.4 is 14.8 Å². The lowest BCUT2D eigenvalue weighted by Crippen LogP contribution is -2.40. The molecule has 0 radical (unpaired) electrons. The lowest BCUT2D eigenvalue weighted by molar-refractivity contribution is 0.0913. The maximum absolute atomic E-state index is 12.3. The number of aromatic nitrogens is 2. The van der Waals surface area contributed by atoms with Crippen molar-refractivity contribution in [1.82, 2.24) is 15.1 Å². The summed E-state index contributed by atoms with van der Waals surface area (Å²) in [5.41, 5.74) is 1.64. The molecule has 0 bridgehead atoms. The molecule has 1 heterocycles. The largest absolute Gasteiger partial charge is 0.497 e. The first kappa shape index (κ1) is 16.9. The summed E-state index contributed by atoms with van der Waals surface area (Å²) in [5.74, 6) is 1.19. The summed E-state index contributed by atoms with van der Waals surface area (Å²) in [5, 5.41) is 7.22. The Kier molecular flexibility index (Phi) is 4.63. The van der Waals surface area contributed by atoms with Gasteiger partial charge in [-0.25, -0.2) is 0 Å². The van der Waals surface area contributed by atoms with Crippen LogP contribution in [0.25, 0.3) is 11.3 Å². The van der Waals surface area contributed by atoms with Crippen molar-refractivity contribution in [1.29, 1.82) is 0 Å². The number of nitrogens with one attached hydrogen (secondary N) is 1. The molecule has 0 saturated carbocycles. The van der Waals surface area contributed by atoms with Gasteiger partial charge in [0, 0.05) is 18.2 Å². The number of aryl methyl sites for hydroxylation is 1. The van der Waals surface area contributed by atoms with Crippen LogP contribution >= 0.6 is 0 Å². The zero-order chi connectivity index (χ0) is 17.2. The molecule has 0 unspecified atom stereocenters. The Morgan fingerprint density at radius 2 is 1.87 bits per heavy atom. The molecule has 1 aromatic heterocycles. The van der Waals surface area contributed by atoms with Gasteiger partial charge in [0.25, 0.3) is 5.91 Å². The highest BCUT2D eigenvalue weighted by Gasteiger charge is 2.20. The smallest absolute Gasteiger partial charge is 0.272 e. The van der Waals surface area contributed by atoms with Gasteiger partial charge in [0.2, 0.25) is 0 Å². The maximum Gasteiger partial charge on any atom is 0.272 e. The Balaban J connectivity index is 2.44. The number of carbonyl (C=O) groups is 1. The third-order valence-corrected chi connectivity index (χ3v) is 3.28. The zero-order valence-electron chi connectivity index (χ0n) is 14.4. The monoisotopic (exact) mass is 317 g/mol. The van der Waals surface area contributed by atoms with Gasteiger partial charge < -0.3 is 14.8 Å². The van der Waals surface area contributed by atoms with Crippen molar-refractivity contribution in [2.24, 2.45) is 7.05 Å². The summed E-state index contributed by atoms with van der Waals surface area (Å²) in [6, 6.07) is 7.27. The van der Waals surface area contributed by atoms with Crippen LogP contribution in [0.5, 0.6) is 11.5 Å². The lowest BCUT2D eigenvalue weighted by Gasteiger charge is -2.19. The molecule has 0 atom stereocenters. The second kappa shape index (κ2) is 6.32. The molecule has 0 aliphatic heterocycles.